The molecular weight excluding hydrogens is 242 g/mol. The Morgan fingerprint density at radius 3 is 3.05 bits per heavy atom. The Morgan fingerprint density at radius 2 is 2.32 bits per heavy atom. The van der Waals surface area contributed by atoms with Crippen LogP contribution in [0.5, 0.6) is 0 Å². The van der Waals surface area contributed by atoms with Gasteiger partial charge < -0.3 is 4.42 Å². The molecule has 1 aromatic heterocycles. The van der Waals surface area contributed by atoms with Crippen molar-refractivity contribution in [2.24, 2.45) is 5.84 Å². The van der Waals surface area contributed by atoms with E-state index in [2.05, 4.69) is 17.2 Å². The van der Waals surface area contributed by atoms with Gasteiger partial charge in [0.15, 0.2) is 5.76 Å². The predicted molar refractivity (Wildman–Crippen MR) is 73.4 cm³/mol. The first-order valence-corrected chi connectivity index (χ1v) is 6.96. The lowest BCUT2D eigenvalue weighted by Crippen LogP contribution is -2.32. The van der Waals surface area contributed by atoms with E-state index >= 15 is 0 Å². The van der Waals surface area contributed by atoms with Crippen molar-refractivity contribution < 1.29 is 9.21 Å². The number of hydrogen-bond donors (Lipinski definition) is 2. The zero-order valence-corrected chi connectivity index (χ0v) is 11.7. The summed E-state index contributed by atoms with van der Waals surface area (Å²) in [6.45, 7) is 6.12. The van der Waals surface area contributed by atoms with Gasteiger partial charge in [-0.25, -0.2) is 5.84 Å². The van der Waals surface area contributed by atoms with Gasteiger partial charge in [0, 0.05) is 18.2 Å². The first-order valence-electron chi connectivity index (χ1n) is 6.96. The SMILES string of the molecule is Cc1oc(C(=O)NN)cc1CN1CCCCCC1C. The largest absolute Gasteiger partial charge is 0.456 e. The second kappa shape index (κ2) is 6.21. The average Bonchev–Trinajstić information content (AvgIpc) is 2.64. The molecule has 1 aliphatic heterocycles. The predicted octanol–water partition coefficient (Wildman–Crippen LogP) is 1.96. The second-order valence-corrected chi connectivity index (χ2v) is 5.33. The van der Waals surface area contributed by atoms with Gasteiger partial charge in [-0.1, -0.05) is 12.8 Å². The van der Waals surface area contributed by atoms with E-state index in [9.17, 15) is 4.79 Å². The van der Waals surface area contributed by atoms with Crippen LogP contribution < -0.4 is 11.3 Å². The maximum absolute atomic E-state index is 11.4. The Morgan fingerprint density at radius 1 is 1.53 bits per heavy atom. The maximum Gasteiger partial charge on any atom is 0.300 e. The van der Waals surface area contributed by atoms with Crippen LogP contribution in [0.3, 0.4) is 0 Å². The number of nitrogens with two attached hydrogens (primary N) is 1. The number of amides is 1. The zero-order chi connectivity index (χ0) is 13.8. The van der Waals surface area contributed by atoms with Gasteiger partial charge >= 0.3 is 5.91 Å². The third kappa shape index (κ3) is 3.36. The van der Waals surface area contributed by atoms with Gasteiger partial charge in [-0.15, -0.1) is 0 Å². The molecule has 1 unspecified atom stereocenters. The summed E-state index contributed by atoms with van der Waals surface area (Å²) in [6.07, 6.45) is 5.11. The number of nitrogens with zero attached hydrogens (tertiary/aromatic N) is 1. The van der Waals surface area contributed by atoms with Crippen molar-refractivity contribution >= 4 is 5.91 Å². The van der Waals surface area contributed by atoms with Crippen LogP contribution in [0.4, 0.5) is 0 Å². The highest BCUT2D eigenvalue weighted by atomic mass is 16.4. The minimum absolute atomic E-state index is 0.289. The van der Waals surface area contributed by atoms with Gasteiger partial charge in [-0.05, 0) is 39.3 Å². The van der Waals surface area contributed by atoms with Crippen LogP contribution in [-0.4, -0.2) is 23.4 Å². The molecule has 1 aliphatic rings. The fraction of sp³-hybridized carbons (Fsp3) is 0.643. The molecule has 5 nitrogen and oxygen atoms in total. The molecule has 0 bridgehead atoms. The lowest BCUT2D eigenvalue weighted by atomic mass is 10.1. The highest BCUT2D eigenvalue weighted by Crippen LogP contribution is 2.22. The molecule has 2 rings (SSSR count). The Hall–Kier alpha value is -1.33. The minimum atomic E-state index is -0.377. The summed E-state index contributed by atoms with van der Waals surface area (Å²) in [6, 6.07) is 2.39. The number of hydrogen-bond acceptors (Lipinski definition) is 4. The number of likely N-dealkylation sites (tertiary alicyclic amines) is 1. The second-order valence-electron chi connectivity index (χ2n) is 5.33. The molecule has 2 heterocycles. The van der Waals surface area contributed by atoms with E-state index < -0.39 is 0 Å². The lowest BCUT2D eigenvalue weighted by Gasteiger charge is -2.26. The molecule has 5 heteroatoms. The first kappa shape index (κ1) is 14.1. The number of furan rings is 1. The van der Waals surface area contributed by atoms with Crippen molar-refractivity contribution in [2.45, 2.75) is 52.1 Å². The molecule has 0 aromatic carbocycles. The van der Waals surface area contributed by atoms with E-state index in [4.69, 9.17) is 10.3 Å². The number of carbonyl (C=O) groups excluding carboxylic acids is 1. The van der Waals surface area contributed by atoms with E-state index in [0.717, 1.165) is 24.4 Å². The number of carbonyl (C=O) groups is 1. The standard InChI is InChI=1S/C14H23N3O2/c1-10-6-4-3-5-7-17(10)9-12-8-13(14(18)16-15)19-11(12)2/h8,10H,3-7,9,15H2,1-2H3,(H,16,18). The average molecular weight is 265 g/mol. The van der Waals surface area contributed by atoms with Gasteiger partial charge in [0.2, 0.25) is 0 Å². The molecule has 0 saturated carbocycles. The summed E-state index contributed by atoms with van der Waals surface area (Å²) in [7, 11) is 0. The van der Waals surface area contributed by atoms with E-state index in [1.165, 1.54) is 25.7 Å². The van der Waals surface area contributed by atoms with E-state index in [1.54, 1.807) is 6.07 Å². The van der Waals surface area contributed by atoms with Crippen LogP contribution >= 0.6 is 0 Å². The molecule has 19 heavy (non-hydrogen) atoms. The number of hydrazine groups is 1. The topological polar surface area (TPSA) is 71.5 Å². The fourth-order valence-electron chi connectivity index (χ4n) is 2.65. The van der Waals surface area contributed by atoms with Gasteiger partial charge in [0.25, 0.3) is 0 Å². The highest BCUT2D eigenvalue weighted by molar-refractivity contribution is 5.91. The molecule has 0 radical (unpaired) electrons. The van der Waals surface area contributed by atoms with Crippen molar-refractivity contribution in [3.63, 3.8) is 0 Å². The van der Waals surface area contributed by atoms with Crippen molar-refractivity contribution in [1.29, 1.82) is 0 Å². The third-order valence-electron chi connectivity index (χ3n) is 3.94. The molecule has 1 amide bonds. The maximum atomic E-state index is 11.4. The molecule has 1 saturated heterocycles. The van der Waals surface area contributed by atoms with Gasteiger partial charge in [0.05, 0.1) is 0 Å². The molecule has 0 aliphatic carbocycles. The monoisotopic (exact) mass is 265 g/mol. The summed E-state index contributed by atoms with van der Waals surface area (Å²) < 4.78 is 5.46. The molecule has 1 fully saturated rings. The van der Waals surface area contributed by atoms with Crippen molar-refractivity contribution in [2.75, 3.05) is 6.54 Å². The van der Waals surface area contributed by atoms with E-state index in [0.29, 0.717) is 6.04 Å². The van der Waals surface area contributed by atoms with Crippen LogP contribution in [0.25, 0.3) is 0 Å². The first-order chi connectivity index (χ1) is 9.11. The number of aryl methyl sites for hydroxylation is 1. The summed E-state index contributed by atoms with van der Waals surface area (Å²) in [5, 5.41) is 0. The fourth-order valence-corrected chi connectivity index (χ4v) is 2.65. The number of nitrogen functional groups attached to an aromatic ring is 1. The van der Waals surface area contributed by atoms with E-state index in [-0.39, 0.29) is 11.7 Å². The van der Waals surface area contributed by atoms with E-state index in [1.807, 2.05) is 6.92 Å². The summed E-state index contributed by atoms with van der Waals surface area (Å²) in [5.41, 5.74) is 3.17. The van der Waals surface area contributed by atoms with Crippen LogP contribution in [-0.2, 0) is 6.54 Å². The van der Waals surface area contributed by atoms with Crippen molar-refractivity contribution in [1.82, 2.24) is 10.3 Å². The Balaban J connectivity index is 2.09. The Kier molecular flexibility index (Phi) is 4.61. The van der Waals surface area contributed by atoms with Crippen LogP contribution in [0.2, 0.25) is 0 Å². The quantitative estimate of drug-likeness (QED) is 0.498. The van der Waals surface area contributed by atoms with Crippen LogP contribution in [0.1, 0.15) is 54.5 Å². The Bertz CT molecular complexity index is 442. The van der Waals surface area contributed by atoms with Crippen LogP contribution in [0.15, 0.2) is 10.5 Å². The smallest absolute Gasteiger partial charge is 0.300 e. The highest BCUT2D eigenvalue weighted by Gasteiger charge is 2.20. The molecule has 106 valence electrons. The van der Waals surface area contributed by atoms with Gasteiger partial charge in [-0.3, -0.25) is 15.1 Å². The lowest BCUT2D eigenvalue weighted by molar-refractivity contribution is 0.0924. The Labute approximate surface area is 114 Å². The number of nitrogens with one attached hydrogen (secondary N) is 1. The summed E-state index contributed by atoms with van der Waals surface area (Å²) in [5.74, 6) is 5.83. The van der Waals surface area contributed by atoms with Crippen LogP contribution in [0, 0.1) is 6.92 Å². The minimum Gasteiger partial charge on any atom is -0.456 e. The molecule has 1 atom stereocenters. The molecule has 3 N–H and O–H groups in total. The van der Waals surface area contributed by atoms with Crippen molar-refractivity contribution in [3.8, 4) is 0 Å². The number of rotatable bonds is 3. The summed E-state index contributed by atoms with van der Waals surface area (Å²) >= 11 is 0. The normalized spacial score (nSPS) is 21.1. The molecule has 1 aromatic rings. The zero-order valence-electron chi connectivity index (χ0n) is 11.7. The summed E-state index contributed by atoms with van der Waals surface area (Å²) in [4.78, 5) is 13.9. The van der Waals surface area contributed by atoms with Gasteiger partial charge in [-0.2, -0.15) is 0 Å². The van der Waals surface area contributed by atoms with Gasteiger partial charge in [0.1, 0.15) is 5.76 Å². The molecular formula is C14H23N3O2. The van der Waals surface area contributed by atoms with Crippen molar-refractivity contribution in [3.05, 3.63) is 23.2 Å². The molecule has 0 spiro atoms. The third-order valence-corrected chi connectivity index (χ3v) is 3.94.